The molecule has 4 nitrogen and oxygen atoms in total. The van der Waals surface area contributed by atoms with Crippen molar-refractivity contribution in [2.24, 2.45) is 5.10 Å². The zero-order chi connectivity index (χ0) is 14.5. The van der Waals surface area contributed by atoms with Crippen molar-refractivity contribution in [2.75, 3.05) is 0 Å². The topological polar surface area (TPSA) is 61.7 Å². The van der Waals surface area contributed by atoms with E-state index < -0.39 is 0 Å². The number of nitrogens with one attached hydrogen (secondary N) is 1. The van der Waals surface area contributed by atoms with Gasteiger partial charge in [0.25, 0.3) is 5.91 Å². The Hall–Kier alpha value is -2.14. The molecule has 0 radical (unpaired) electrons. The minimum atomic E-state index is -0.219. The highest BCUT2D eigenvalue weighted by atomic mass is 32.1. The Kier molecular flexibility index (Phi) is 4.53. The van der Waals surface area contributed by atoms with Crippen molar-refractivity contribution < 1.29 is 9.90 Å². The molecule has 0 spiro atoms. The third-order valence-corrected chi connectivity index (χ3v) is 3.96. The van der Waals surface area contributed by atoms with Gasteiger partial charge in [-0.05, 0) is 41.8 Å². The summed E-state index contributed by atoms with van der Waals surface area (Å²) >= 11 is 1.58. The van der Waals surface area contributed by atoms with Crippen LogP contribution >= 0.6 is 11.3 Å². The first-order chi connectivity index (χ1) is 9.56. The second-order valence-electron chi connectivity index (χ2n) is 4.68. The number of benzene rings is 1. The molecule has 1 aromatic carbocycles. The monoisotopic (exact) mass is 288 g/mol. The number of rotatable bonds is 4. The van der Waals surface area contributed by atoms with E-state index in [-0.39, 0.29) is 11.7 Å². The Bertz CT molecular complexity index is 615. The van der Waals surface area contributed by atoms with Crippen LogP contribution < -0.4 is 5.43 Å². The van der Waals surface area contributed by atoms with Gasteiger partial charge in [0, 0.05) is 10.3 Å². The number of hydrazone groups is 1. The zero-order valence-electron chi connectivity index (χ0n) is 11.3. The summed E-state index contributed by atoms with van der Waals surface area (Å²) in [5, 5.41) is 14.9. The second kappa shape index (κ2) is 6.34. The van der Waals surface area contributed by atoms with Crippen molar-refractivity contribution in [2.45, 2.75) is 19.8 Å². The Labute approximate surface area is 121 Å². The lowest BCUT2D eigenvalue weighted by Gasteiger charge is -1.98. The number of phenols is 1. The Morgan fingerprint density at radius 1 is 1.35 bits per heavy atom. The molecule has 2 N–H and O–H groups in total. The molecule has 5 heteroatoms. The van der Waals surface area contributed by atoms with Crippen LogP contribution in [0.5, 0.6) is 5.75 Å². The quantitative estimate of drug-likeness (QED) is 0.669. The van der Waals surface area contributed by atoms with Crippen LogP contribution in [0.2, 0.25) is 0 Å². The minimum Gasteiger partial charge on any atom is -0.508 e. The maximum atomic E-state index is 11.9. The van der Waals surface area contributed by atoms with Gasteiger partial charge in [-0.25, -0.2) is 5.43 Å². The number of thiophene rings is 1. The number of aromatic hydroxyl groups is 1. The van der Waals surface area contributed by atoms with Crippen LogP contribution in [0.1, 0.15) is 40.6 Å². The average molecular weight is 288 g/mol. The fourth-order valence-electron chi connectivity index (χ4n) is 1.57. The molecule has 0 saturated carbocycles. The van der Waals surface area contributed by atoms with Crippen molar-refractivity contribution >= 4 is 23.5 Å². The van der Waals surface area contributed by atoms with E-state index in [4.69, 9.17) is 5.11 Å². The average Bonchev–Trinajstić information content (AvgIpc) is 2.91. The summed E-state index contributed by atoms with van der Waals surface area (Å²) in [5.74, 6) is 0.399. The van der Waals surface area contributed by atoms with Crippen molar-refractivity contribution in [1.82, 2.24) is 5.43 Å². The molecule has 104 valence electrons. The van der Waals surface area contributed by atoms with Crippen LogP contribution in [0.15, 0.2) is 40.8 Å². The van der Waals surface area contributed by atoms with Gasteiger partial charge < -0.3 is 5.11 Å². The number of amides is 1. The highest BCUT2D eigenvalue weighted by Gasteiger charge is 2.09. The lowest BCUT2D eigenvalue weighted by atomic mass is 10.1. The summed E-state index contributed by atoms with van der Waals surface area (Å²) in [6.45, 7) is 4.19. The van der Waals surface area contributed by atoms with E-state index in [1.807, 2.05) is 11.4 Å². The second-order valence-corrected chi connectivity index (χ2v) is 5.63. The van der Waals surface area contributed by atoms with Gasteiger partial charge in [-0.1, -0.05) is 13.8 Å². The minimum absolute atomic E-state index is 0.200. The molecule has 0 aliphatic rings. The third-order valence-electron chi connectivity index (χ3n) is 2.72. The molecule has 1 amide bonds. The molecule has 20 heavy (non-hydrogen) atoms. The van der Waals surface area contributed by atoms with Gasteiger partial charge in [0.15, 0.2) is 0 Å². The summed E-state index contributed by atoms with van der Waals surface area (Å²) in [6, 6.07) is 8.45. The normalized spacial score (nSPS) is 11.2. The fourth-order valence-corrected chi connectivity index (χ4v) is 2.47. The predicted molar refractivity (Wildman–Crippen MR) is 81.6 cm³/mol. The Morgan fingerprint density at radius 2 is 2.05 bits per heavy atom. The van der Waals surface area contributed by atoms with Gasteiger partial charge in [0.2, 0.25) is 0 Å². The molecular weight excluding hydrogens is 272 g/mol. The standard InChI is InChI=1S/C15H16N2O2S/c1-10(2)14-7-12(9-20-14)15(19)17-16-8-11-3-5-13(18)6-4-11/h3-10,18H,1-2H3,(H,17,19). The zero-order valence-corrected chi connectivity index (χ0v) is 12.1. The predicted octanol–water partition coefficient (Wildman–Crippen LogP) is 3.34. The van der Waals surface area contributed by atoms with E-state index in [0.29, 0.717) is 11.5 Å². The summed E-state index contributed by atoms with van der Waals surface area (Å²) in [7, 11) is 0. The number of nitrogens with zero attached hydrogens (tertiary/aromatic N) is 1. The van der Waals surface area contributed by atoms with Crippen molar-refractivity contribution in [3.63, 3.8) is 0 Å². The van der Waals surface area contributed by atoms with Crippen LogP contribution in [-0.2, 0) is 0 Å². The number of phenolic OH excluding ortho intramolecular Hbond substituents is 1. The van der Waals surface area contributed by atoms with Gasteiger partial charge in [-0.2, -0.15) is 5.10 Å². The number of hydrogen-bond donors (Lipinski definition) is 2. The molecular formula is C15H16N2O2S. The summed E-state index contributed by atoms with van der Waals surface area (Å²) < 4.78 is 0. The molecule has 0 aliphatic carbocycles. The molecule has 0 aliphatic heterocycles. The molecule has 0 unspecified atom stereocenters. The Morgan fingerprint density at radius 3 is 2.65 bits per heavy atom. The molecule has 1 aromatic heterocycles. The molecule has 0 atom stereocenters. The summed E-state index contributed by atoms with van der Waals surface area (Å²) in [4.78, 5) is 13.0. The van der Waals surface area contributed by atoms with Gasteiger partial charge >= 0.3 is 0 Å². The van der Waals surface area contributed by atoms with Crippen molar-refractivity contribution in [3.8, 4) is 5.75 Å². The lowest BCUT2D eigenvalue weighted by molar-refractivity contribution is 0.0955. The smallest absolute Gasteiger partial charge is 0.272 e. The molecule has 0 bridgehead atoms. The van der Waals surface area contributed by atoms with E-state index >= 15 is 0 Å². The van der Waals surface area contributed by atoms with Crippen LogP contribution in [0.4, 0.5) is 0 Å². The van der Waals surface area contributed by atoms with Gasteiger partial charge in [0.05, 0.1) is 11.8 Å². The Balaban J connectivity index is 1.95. The SMILES string of the molecule is CC(C)c1cc(C(=O)NN=Cc2ccc(O)cc2)cs1. The van der Waals surface area contributed by atoms with Gasteiger partial charge in [0.1, 0.15) is 5.75 Å². The van der Waals surface area contributed by atoms with E-state index in [1.54, 1.807) is 35.6 Å². The van der Waals surface area contributed by atoms with E-state index in [2.05, 4.69) is 24.4 Å². The maximum absolute atomic E-state index is 11.9. The highest BCUT2D eigenvalue weighted by molar-refractivity contribution is 7.10. The number of carbonyl (C=O) groups is 1. The first kappa shape index (κ1) is 14.3. The van der Waals surface area contributed by atoms with Gasteiger partial charge in [-0.15, -0.1) is 11.3 Å². The maximum Gasteiger partial charge on any atom is 0.272 e. The van der Waals surface area contributed by atoms with Crippen LogP contribution in [0.3, 0.4) is 0 Å². The molecule has 2 aromatic rings. The first-order valence-electron chi connectivity index (χ1n) is 6.27. The summed E-state index contributed by atoms with van der Waals surface area (Å²) in [5.41, 5.74) is 3.92. The molecule has 0 saturated heterocycles. The summed E-state index contributed by atoms with van der Waals surface area (Å²) in [6.07, 6.45) is 1.53. The fraction of sp³-hybridized carbons (Fsp3) is 0.200. The first-order valence-corrected chi connectivity index (χ1v) is 7.15. The molecule has 2 rings (SSSR count). The molecule has 0 fully saturated rings. The highest BCUT2D eigenvalue weighted by Crippen LogP contribution is 2.22. The van der Waals surface area contributed by atoms with Crippen LogP contribution in [0.25, 0.3) is 0 Å². The van der Waals surface area contributed by atoms with Crippen LogP contribution in [0, 0.1) is 0 Å². The number of carbonyl (C=O) groups excluding carboxylic acids is 1. The van der Waals surface area contributed by atoms with Gasteiger partial charge in [-0.3, -0.25) is 4.79 Å². The third kappa shape index (κ3) is 3.68. The van der Waals surface area contributed by atoms with Crippen molar-refractivity contribution in [3.05, 3.63) is 51.7 Å². The van der Waals surface area contributed by atoms with Crippen LogP contribution in [-0.4, -0.2) is 17.2 Å². The lowest BCUT2D eigenvalue weighted by Crippen LogP contribution is -2.16. The van der Waals surface area contributed by atoms with E-state index in [1.165, 1.54) is 11.1 Å². The van der Waals surface area contributed by atoms with E-state index in [0.717, 1.165) is 5.56 Å². The van der Waals surface area contributed by atoms with Crippen molar-refractivity contribution in [1.29, 1.82) is 0 Å². The largest absolute Gasteiger partial charge is 0.508 e. The van der Waals surface area contributed by atoms with E-state index in [9.17, 15) is 4.79 Å². The molecule has 1 heterocycles. The number of hydrogen-bond acceptors (Lipinski definition) is 4.